The number of likely N-dealkylation sites (tertiary alicyclic amines) is 1. The summed E-state index contributed by atoms with van der Waals surface area (Å²) in [4.78, 5) is 44.8. The van der Waals surface area contributed by atoms with E-state index >= 15 is 0 Å². The molecule has 202 valence electrons. The number of hydrogen-bond acceptors (Lipinski definition) is 6. The zero-order chi connectivity index (χ0) is 26.7. The van der Waals surface area contributed by atoms with Crippen LogP contribution in [0.3, 0.4) is 0 Å². The molecule has 3 fully saturated rings. The van der Waals surface area contributed by atoms with Crippen molar-refractivity contribution in [2.45, 2.75) is 102 Å². The molecule has 0 aromatic rings. The zero-order valence-corrected chi connectivity index (χ0v) is 22.4. The predicted octanol–water partition coefficient (Wildman–Crippen LogP) is 3.23. The lowest BCUT2D eigenvalue weighted by Gasteiger charge is -2.40. The van der Waals surface area contributed by atoms with Crippen LogP contribution in [0.2, 0.25) is 0 Å². The largest absolute Gasteiger partial charge is 0.465 e. The van der Waals surface area contributed by atoms with E-state index in [-0.39, 0.29) is 31.1 Å². The average molecular weight is 505 g/mol. The lowest BCUT2D eigenvalue weighted by molar-refractivity contribution is -0.162. The van der Waals surface area contributed by atoms with Crippen LogP contribution in [-0.2, 0) is 23.9 Å². The molecule has 0 aliphatic carbocycles. The molecular weight excluding hydrogens is 460 g/mol. The quantitative estimate of drug-likeness (QED) is 0.222. The number of allylic oxidation sites excluding steroid dienone is 1. The Kier molecular flexibility index (Phi) is 9.04. The third-order valence-corrected chi connectivity index (χ3v) is 8.34. The van der Waals surface area contributed by atoms with Crippen LogP contribution in [0.15, 0.2) is 25.3 Å². The van der Waals surface area contributed by atoms with Crippen LogP contribution in [-0.4, -0.2) is 81.8 Å². The van der Waals surface area contributed by atoms with Gasteiger partial charge in [0.15, 0.2) is 0 Å². The highest BCUT2D eigenvalue weighted by Crippen LogP contribution is 2.63. The Morgan fingerprint density at radius 1 is 1.28 bits per heavy atom. The molecule has 0 aromatic carbocycles. The highest BCUT2D eigenvalue weighted by Gasteiger charge is 2.79. The number of nitrogens with zero attached hydrogens (tertiary/aromatic N) is 2. The second-order valence-electron chi connectivity index (χ2n) is 10.9. The summed E-state index contributed by atoms with van der Waals surface area (Å²) in [6.07, 6.45) is 8.73. The molecule has 3 heterocycles. The standard InChI is InChI=1S/C28H44N2O6/c1-7-10-11-12-17-35-26(34)22-21-24(32)30(20(5)18-31)23(28(21)15-14-27(22,6)36-28)25(33)29(16-9-3)19(4)13-8-2/h7,9,19-23,31H,1,3,8,10-18H2,2,4-6H3/t19?,20-,21+,22+,23?,27-,28?/m1/s1. The molecular formula is C28H44N2O6. The summed E-state index contributed by atoms with van der Waals surface area (Å²) in [5.74, 6) is -2.57. The van der Waals surface area contributed by atoms with Crippen molar-refractivity contribution in [2.75, 3.05) is 19.8 Å². The van der Waals surface area contributed by atoms with Gasteiger partial charge in [0.05, 0.1) is 30.8 Å². The molecule has 0 aromatic heterocycles. The second-order valence-corrected chi connectivity index (χ2v) is 10.9. The summed E-state index contributed by atoms with van der Waals surface area (Å²) in [5, 5.41) is 10.0. The second kappa shape index (κ2) is 11.5. The first-order chi connectivity index (χ1) is 17.1. The summed E-state index contributed by atoms with van der Waals surface area (Å²) in [6, 6.07) is -1.56. The lowest BCUT2D eigenvalue weighted by atomic mass is 9.66. The number of fused-ring (bicyclic) bond motifs is 1. The number of esters is 1. The van der Waals surface area contributed by atoms with Gasteiger partial charge >= 0.3 is 5.97 Å². The number of aliphatic hydroxyl groups excluding tert-OH is 1. The Hall–Kier alpha value is -2.19. The molecule has 8 heteroatoms. The zero-order valence-electron chi connectivity index (χ0n) is 22.4. The van der Waals surface area contributed by atoms with E-state index in [1.54, 1.807) is 17.9 Å². The van der Waals surface area contributed by atoms with Crippen LogP contribution in [0.25, 0.3) is 0 Å². The molecule has 8 nitrogen and oxygen atoms in total. The van der Waals surface area contributed by atoms with Crippen LogP contribution < -0.4 is 0 Å². The number of carbonyl (C=O) groups is 3. The van der Waals surface area contributed by atoms with Gasteiger partial charge in [-0.1, -0.05) is 25.5 Å². The van der Waals surface area contributed by atoms with Crippen molar-refractivity contribution in [1.82, 2.24) is 9.80 Å². The minimum absolute atomic E-state index is 0.0529. The summed E-state index contributed by atoms with van der Waals surface area (Å²) in [7, 11) is 0. The van der Waals surface area contributed by atoms with E-state index < -0.39 is 41.1 Å². The number of unbranched alkanes of at least 4 members (excludes halogenated alkanes) is 2. The molecule has 7 atom stereocenters. The molecule has 3 saturated heterocycles. The molecule has 3 rings (SSSR count). The Morgan fingerprint density at radius 2 is 2.00 bits per heavy atom. The first kappa shape index (κ1) is 28.4. The molecule has 1 spiro atoms. The number of rotatable bonds is 14. The fraction of sp³-hybridized carbons (Fsp3) is 0.750. The van der Waals surface area contributed by atoms with E-state index in [2.05, 4.69) is 20.1 Å². The lowest BCUT2D eigenvalue weighted by Crippen LogP contribution is -2.59. The Bertz CT molecular complexity index is 861. The highest BCUT2D eigenvalue weighted by molar-refractivity contribution is 5.98. The Balaban J connectivity index is 1.97. The third-order valence-electron chi connectivity index (χ3n) is 8.34. The van der Waals surface area contributed by atoms with Crippen molar-refractivity contribution in [3.63, 3.8) is 0 Å². The molecule has 3 aliphatic heterocycles. The fourth-order valence-corrected chi connectivity index (χ4v) is 6.57. The van der Waals surface area contributed by atoms with Crippen LogP contribution in [0.4, 0.5) is 0 Å². The topological polar surface area (TPSA) is 96.4 Å². The highest BCUT2D eigenvalue weighted by atomic mass is 16.6. The van der Waals surface area contributed by atoms with Gasteiger partial charge in [-0.15, -0.1) is 13.2 Å². The van der Waals surface area contributed by atoms with Gasteiger partial charge in [0, 0.05) is 12.6 Å². The average Bonchev–Trinajstić information content (AvgIpc) is 3.42. The van der Waals surface area contributed by atoms with Crippen molar-refractivity contribution in [3.8, 4) is 0 Å². The maximum absolute atomic E-state index is 14.2. The van der Waals surface area contributed by atoms with Crippen molar-refractivity contribution >= 4 is 17.8 Å². The summed E-state index contributed by atoms with van der Waals surface area (Å²) in [6.45, 7) is 15.5. The van der Waals surface area contributed by atoms with Crippen LogP contribution in [0.5, 0.6) is 0 Å². The Morgan fingerprint density at radius 3 is 2.61 bits per heavy atom. The number of aliphatic hydroxyl groups is 1. The number of carbonyl (C=O) groups excluding carboxylic acids is 3. The molecule has 0 radical (unpaired) electrons. The van der Waals surface area contributed by atoms with E-state index in [1.807, 2.05) is 19.9 Å². The van der Waals surface area contributed by atoms with E-state index in [0.29, 0.717) is 25.8 Å². The van der Waals surface area contributed by atoms with Crippen molar-refractivity contribution in [3.05, 3.63) is 25.3 Å². The van der Waals surface area contributed by atoms with Gasteiger partial charge in [0.1, 0.15) is 17.6 Å². The van der Waals surface area contributed by atoms with Crippen LogP contribution in [0.1, 0.15) is 72.6 Å². The maximum Gasteiger partial charge on any atom is 0.312 e. The molecule has 3 unspecified atom stereocenters. The van der Waals surface area contributed by atoms with Gasteiger partial charge < -0.3 is 24.4 Å². The van der Waals surface area contributed by atoms with E-state index in [0.717, 1.165) is 25.7 Å². The van der Waals surface area contributed by atoms with Gasteiger partial charge in [-0.05, 0) is 59.3 Å². The molecule has 1 N–H and O–H groups in total. The van der Waals surface area contributed by atoms with Gasteiger partial charge in [-0.25, -0.2) is 0 Å². The van der Waals surface area contributed by atoms with Crippen molar-refractivity contribution < 1.29 is 29.0 Å². The van der Waals surface area contributed by atoms with Gasteiger partial charge in [-0.2, -0.15) is 0 Å². The first-order valence-corrected chi connectivity index (χ1v) is 13.5. The van der Waals surface area contributed by atoms with E-state index in [1.165, 1.54) is 4.90 Å². The fourth-order valence-electron chi connectivity index (χ4n) is 6.57. The molecule has 2 amide bonds. The summed E-state index contributed by atoms with van der Waals surface area (Å²) in [5.41, 5.74) is -1.99. The van der Waals surface area contributed by atoms with E-state index in [4.69, 9.17) is 9.47 Å². The molecule has 0 saturated carbocycles. The van der Waals surface area contributed by atoms with Gasteiger partial charge in [0.25, 0.3) is 0 Å². The van der Waals surface area contributed by atoms with Gasteiger partial charge in [0.2, 0.25) is 11.8 Å². The monoisotopic (exact) mass is 504 g/mol. The smallest absolute Gasteiger partial charge is 0.312 e. The Labute approximate surface area is 215 Å². The summed E-state index contributed by atoms with van der Waals surface area (Å²) < 4.78 is 12.3. The third kappa shape index (κ3) is 4.74. The van der Waals surface area contributed by atoms with Gasteiger partial charge in [-0.3, -0.25) is 14.4 Å². The molecule has 36 heavy (non-hydrogen) atoms. The number of amides is 2. The summed E-state index contributed by atoms with van der Waals surface area (Å²) >= 11 is 0. The number of ether oxygens (including phenoxy) is 2. The number of hydrogen-bond donors (Lipinski definition) is 1. The predicted molar refractivity (Wildman–Crippen MR) is 137 cm³/mol. The van der Waals surface area contributed by atoms with Crippen LogP contribution in [0, 0.1) is 11.8 Å². The first-order valence-electron chi connectivity index (χ1n) is 13.5. The maximum atomic E-state index is 14.2. The van der Waals surface area contributed by atoms with E-state index in [9.17, 15) is 19.5 Å². The SMILES string of the molecule is C=CCCCCOC(=O)[C@@H]1[C@H]2C(=O)N([C@H](C)CO)C(C(=O)N(CC=C)C(C)CCC)C23CC[C@@]1(C)O3. The minimum Gasteiger partial charge on any atom is -0.465 e. The molecule has 2 bridgehead atoms. The van der Waals surface area contributed by atoms with Crippen LogP contribution >= 0.6 is 0 Å². The van der Waals surface area contributed by atoms with Crippen molar-refractivity contribution in [1.29, 1.82) is 0 Å². The minimum atomic E-state index is -1.12. The van der Waals surface area contributed by atoms with Crippen molar-refractivity contribution in [2.24, 2.45) is 11.8 Å². The molecule has 3 aliphatic rings. The normalized spacial score (nSPS) is 32.2.